The van der Waals surface area contributed by atoms with Gasteiger partial charge in [0, 0.05) is 0 Å². The number of nitroso groups, excluding NO2 is 1. The molecule has 1 aliphatic rings. The molecule has 0 aromatic heterocycles. The minimum absolute atomic E-state index is 0.143. The Bertz CT molecular complexity index is 327. The Morgan fingerprint density at radius 3 is 2.64 bits per heavy atom. The van der Waals surface area contributed by atoms with Crippen LogP contribution in [-0.4, -0.2) is 11.4 Å². The van der Waals surface area contributed by atoms with Crippen LogP contribution in [0.5, 0.6) is 0 Å². The van der Waals surface area contributed by atoms with Gasteiger partial charge in [0.05, 0.1) is 4.87 Å². The van der Waals surface area contributed by atoms with Crippen molar-refractivity contribution >= 4 is 0 Å². The molecule has 0 saturated carbocycles. The fourth-order valence-electron chi connectivity index (χ4n) is 0.692. The number of allylic oxidation sites excluding steroid dienone is 6. The summed E-state index contributed by atoms with van der Waals surface area (Å²) >= 11 is 0. The number of hydrogen-bond donors (Lipinski definition) is 0. The second kappa shape index (κ2) is 6.47. The van der Waals surface area contributed by atoms with Crippen molar-refractivity contribution in [3.63, 3.8) is 0 Å². The van der Waals surface area contributed by atoms with Crippen molar-refractivity contribution in [3.8, 4) is 0 Å². The maximum Gasteiger partial charge on any atom is 0.294 e. The first-order chi connectivity index (χ1) is 6.89. The van der Waals surface area contributed by atoms with Crippen LogP contribution in [0.2, 0.25) is 0 Å². The summed E-state index contributed by atoms with van der Waals surface area (Å²) in [5.41, 5.74) is 0. The summed E-state index contributed by atoms with van der Waals surface area (Å²) in [4.78, 5) is 15.8. The Hall–Kier alpha value is -2.04. The lowest BCUT2D eigenvalue weighted by Crippen LogP contribution is -1.97. The first-order valence-corrected chi connectivity index (χ1v) is 4.06. The van der Waals surface area contributed by atoms with Crippen molar-refractivity contribution in [2.24, 2.45) is 10.5 Å². The van der Waals surface area contributed by atoms with Crippen molar-refractivity contribution in [2.45, 2.75) is 0 Å². The maximum atomic E-state index is 10.8. The molecule has 5 nitrogen and oxygen atoms in total. The van der Waals surface area contributed by atoms with E-state index in [1.54, 1.807) is 24.3 Å². The predicted octanol–water partition coefficient (Wildman–Crippen LogP) is 2.26. The minimum atomic E-state index is 0.143. The quantitative estimate of drug-likeness (QED) is 0.553. The van der Waals surface area contributed by atoms with Gasteiger partial charge in [0.15, 0.2) is 12.8 Å². The van der Waals surface area contributed by atoms with E-state index < -0.39 is 0 Å². The third-order valence-corrected chi connectivity index (χ3v) is 1.28. The highest BCUT2D eigenvalue weighted by molar-refractivity contribution is 5.14. The highest BCUT2D eigenvalue weighted by Gasteiger charge is 1.98. The van der Waals surface area contributed by atoms with Crippen molar-refractivity contribution in [3.05, 3.63) is 53.7 Å². The second-order valence-electron chi connectivity index (χ2n) is 2.34. The Labute approximate surface area is 81.3 Å². The third kappa shape index (κ3) is 4.76. The molecule has 1 heterocycles. The Morgan fingerprint density at radius 2 is 1.79 bits per heavy atom. The fourth-order valence-corrected chi connectivity index (χ4v) is 0.692. The van der Waals surface area contributed by atoms with Gasteiger partial charge in [-0.1, -0.05) is 30.4 Å². The molecule has 0 bridgehead atoms. The first-order valence-electron chi connectivity index (χ1n) is 4.06. The second-order valence-corrected chi connectivity index (χ2v) is 2.34. The molecule has 0 spiro atoms. The van der Waals surface area contributed by atoms with Crippen molar-refractivity contribution in [2.75, 3.05) is 6.54 Å². The van der Waals surface area contributed by atoms with E-state index in [1.165, 1.54) is 6.26 Å². The zero-order valence-corrected chi connectivity index (χ0v) is 7.48. The van der Waals surface area contributed by atoms with Crippen LogP contribution in [-0.2, 0) is 4.84 Å². The van der Waals surface area contributed by atoms with Crippen molar-refractivity contribution in [1.82, 2.24) is 0 Å². The van der Waals surface area contributed by atoms with Gasteiger partial charge in [-0.3, -0.25) is 0 Å². The third-order valence-electron chi connectivity index (χ3n) is 1.28. The van der Waals surface area contributed by atoms with E-state index in [0.29, 0.717) is 4.87 Å². The molecule has 0 fully saturated rings. The average molecular weight is 192 g/mol. The maximum absolute atomic E-state index is 10.8. The molecule has 0 aromatic rings. The van der Waals surface area contributed by atoms with Crippen molar-refractivity contribution in [1.29, 1.82) is 0 Å². The molecule has 0 unspecified atom stereocenters. The average Bonchev–Trinajstić information content (AvgIpc) is 2.20. The molecule has 0 radical (unpaired) electrons. The summed E-state index contributed by atoms with van der Waals surface area (Å²) < 4.78 is 0. The Kier molecular flexibility index (Phi) is 4.64. The molecule has 0 amide bonds. The molecule has 0 atom stereocenters. The van der Waals surface area contributed by atoms with Gasteiger partial charge in [-0.15, -0.1) is 0 Å². The van der Waals surface area contributed by atoms with Gasteiger partial charge in [0.25, 0.3) is 5.28 Å². The van der Waals surface area contributed by atoms with Gasteiger partial charge in [0.2, 0.25) is 5.22 Å². The fraction of sp³-hybridized carbons (Fsp3) is 0.111. The normalized spacial score (nSPS) is 28.4. The molecule has 0 N–H and O–H groups in total. The van der Waals surface area contributed by atoms with Crippen LogP contribution in [0.4, 0.5) is 0 Å². The van der Waals surface area contributed by atoms with Crippen LogP contribution >= 0.6 is 0 Å². The molecule has 0 aliphatic carbocycles. The highest BCUT2D eigenvalue weighted by atomic mass is 16.6. The van der Waals surface area contributed by atoms with Gasteiger partial charge >= 0.3 is 0 Å². The van der Waals surface area contributed by atoms with Crippen LogP contribution in [0.25, 0.3) is 0 Å². The van der Waals surface area contributed by atoms with Crippen LogP contribution in [0.15, 0.2) is 59.3 Å². The van der Waals surface area contributed by atoms with Crippen molar-refractivity contribution < 1.29 is 9.71 Å². The summed E-state index contributed by atoms with van der Waals surface area (Å²) in [6.07, 6.45) is 13.6. The minimum Gasteiger partial charge on any atom is -0.245 e. The number of nitrogens with zero attached hydrogens (tertiary/aromatic N) is 3. The molecular weight excluding hydrogens is 182 g/mol. The molecule has 14 heavy (non-hydrogen) atoms. The Balaban J connectivity index is 2.64. The molecule has 72 valence electrons. The topological polar surface area (TPSA) is 54.0 Å². The molecule has 5 heteroatoms. The lowest BCUT2D eigenvalue weighted by Gasteiger charge is -1.77. The SMILES string of the molecule is O=[N+]1C\C=C/C=C/C=C\C=C\O/N=N/1. The van der Waals surface area contributed by atoms with Gasteiger partial charge < -0.3 is 0 Å². The predicted molar refractivity (Wildman–Crippen MR) is 51.0 cm³/mol. The first kappa shape index (κ1) is 10.0. The summed E-state index contributed by atoms with van der Waals surface area (Å²) in [6, 6.07) is 0. The monoisotopic (exact) mass is 192 g/mol. The molecule has 1 aliphatic heterocycles. The largest absolute Gasteiger partial charge is 0.294 e. The van der Waals surface area contributed by atoms with Gasteiger partial charge in [-0.2, -0.15) is 0 Å². The summed E-state index contributed by atoms with van der Waals surface area (Å²) in [5, 5.41) is 6.40. The van der Waals surface area contributed by atoms with E-state index in [4.69, 9.17) is 0 Å². The summed E-state index contributed by atoms with van der Waals surface area (Å²) in [7, 11) is 0. The smallest absolute Gasteiger partial charge is 0.245 e. The Morgan fingerprint density at radius 1 is 1.07 bits per heavy atom. The molecular formula is C9H10N3O2+. The summed E-state index contributed by atoms with van der Waals surface area (Å²) in [6.45, 7) is 0.143. The number of hydrogen-bond acceptors (Lipinski definition) is 3. The van der Waals surface area contributed by atoms with Crippen LogP contribution in [0, 0.1) is 4.91 Å². The van der Waals surface area contributed by atoms with Crippen LogP contribution in [0.3, 0.4) is 0 Å². The van der Waals surface area contributed by atoms with E-state index >= 15 is 0 Å². The van der Waals surface area contributed by atoms with Crippen LogP contribution in [0.1, 0.15) is 0 Å². The van der Waals surface area contributed by atoms with E-state index in [0.717, 1.165) is 0 Å². The zero-order chi connectivity index (χ0) is 10.1. The van der Waals surface area contributed by atoms with E-state index in [-0.39, 0.29) is 6.54 Å². The summed E-state index contributed by atoms with van der Waals surface area (Å²) in [5.74, 6) is 0. The molecule has 1 rings (SSSR count). The molecule has 0 saturated heterocycles. The van der Waals surface area contributed by atoms with E-state index in [1.807, 2.05) is 18.2 Å². The van der Waals surface area contributed by atoms with E-state index in [9.17, 15) is 4.91 Å². The molecule has 0 aromatic carbocycles. The number of rotatable bonds is 0. The standard InChI is InChI=1S/C9H10N3O2/c13-12-8-6-4-2-1-3-5-7-9-14-11-10-12/h1-7,9H,8H2/q+1/b2-1+,5-3-,6-4-,9-7+,11-10+. The van der Waals surface area contributed by atoms with E-state index in [2.05, 4.69) is 15.3 Å². The zero-order valence-electron chi connectivity index (χ0n) is 7.48. The lowest BCUT2D eigenvalue weighted by atomic mass is 10.4. The highest BCUT2D eigenvalue weighted by Crippen LogP contribution is 1.88. The lowest BCUT2D eigenvalue weighted by molar-refractivity contribution is -0.556. The van der Waals surface area contributed by atoms with Crippen LogP contribution < -0.4 is 0 Å². The van der Waals surface area contributed by atoms with Gasteiger partial charge in [0.1, 0.15) is 0 Å². The van der Waals surface area contributed by atoms with Gasteiger partial charge in [-0.25, -0.2) is 4.84 Å². The van der Waals surface area contributed by atoms with Gasteiger partial charge in [-0.05, 0) is 17.1 Å².